The molecule has 3 aromatic rings. The van der Waals surface area contributed by atoms with E-state index >= 15 is 0 Å². The molecule has 3 rings (SSSR count). The maximum atomic E-state index is 12.7. The number of carbonyl (C=O) groups excluding carboxylic acids is 1. The van der Waals surface area contributed by atoms with Gasteiger partial charge in [0.25, 0.3) is 0 Å². The van der Waals surface area contributed by atoms with Crippen LogP contribution in [0.25, 0.3) is 11.4 Å². The minimum Gasteiger partial charge on any atom is -0.378 e. The number of aromatic nitrogens is 3. The van der Waals surface area contributed by atoms with Crippen LogP contribution in [0.15, 0.2) is 48.5 Å². The molecule has 1 N–H and O–H groups in total. The number of nitrogens with one attached hydrogen (secondary N) is 1. The summed E-state index contributed by atoms with van der Waals surface area (Å²) in [5.74, 6) is 0.827. The molecule has 152 valence electrons. The van der Waals surface area contributed by atoms with Gasteiger partial charge in [-0.25, -0.2) is 0 Å². The number of benzene rings is 2. The van der Waals surface area contributed by atoms with Crippen molar-refractivity contribution in [2.45, 2.75) is 26.4 Å². The summed E-state index contributed by atoms with van der Waals surface area (Å²) >= 11 is 5.38. The van der Waals surface area contributed by atoms with Crippen molar-refractivity contribution in [1.29, 1.82) is 0 Å². The number of H-pyrrole nitrogens is 1. The Balaban J connectivity index is 1.65. The fraction of sp³-hybridized carbons (Fsp3) is 0.318. The van der Waals surface area contributed by atoms with E-state index in [0.717, 1.165) is 28.2 Å². The zero-order valence-electron chi connectivity index (χ0n) is 17.3. The Morgan fingerprint density at radius 1 is 1.14 bits per heavy atom. The molecule has 0 saturated carbocycles. The van der Waals surface area contributed by atoms with Gasteiger partial charge in [-0.3, -0.25) is 14.5 Å². The van der Waals surface area contributed by atoms with E-state index in [-0.39, 0.29) is 5.91 Å². The number of aromatic amines is 1. The van der Waals surface area contributed by atoms with Crippen molar-refractivity contribution in [3.8, 4) is 11.4 Å². The van der Waals surface area contributed by atoms with Crippen molar-refractivity contribution >= 4 is 23.8 Å². The Bertz CT molecular complexity index is 1040. The van der Waals surface area contributed by atoms with Crippen molar-refractivity contribution in [2.75, 3.05) is 26.0 Å². The lowest BCUT2D eigenvalue weighted by Crippen LogP contribution is -2.27. The SMILES string of the molecule is Cc1cccc(-c2n[nH]c(=S)n2CCC(=O)N(C)Cc2ccc(N(C)C)cc2)c1. The zero-order valence-corrected chi connectivity index (χ0v) is 18.2. The van der Waals surface area contributed by atoms with Crippen LogP contribution < -0.4 is 4.90 Å². The van der Waals surface area contributed by atoms with Crippen LogP contribution in [0.3, 0.4) is 0 Å². The predicted octanol–water partition coefficient (Wildman–Crippen LogP) is 4.03. The monoisotopic (exact) mass is 409 g/mol. The summed E-state index contributed by atoms with van der Waals surface area (Å²) in [5.41, 5.74) is 4.38. The maximum absolute atomic E-state index is 12.7. The molecule has 0 bridgehead atoms. The molecular formula is C22H27N5OS. The van der Waals surface area contributed by atoms with Crippen molar-refractivity contribution < 1.29 is 4.79 Å². The first-order chi connectivity index (χ1) is 13.8. The fourth-order valence-electron chi connectivity index (χ4n) is 3.19. The summed E-state index contributed by atoms with van der Waals surface area (Å²) in [7, 11) is 5.85. The van der Waals surface area contributed by atoms with Crippen LogP contribution in [0.5, 0.6) is 0 Å². The average Bonchev–Trinajstić information content (AvgIpc) is 3.07. The first kappa shape index (κ1) is 20.8. The number of amides is 1. The molecule has 7 heteroatoms. The van der Waals surface area contributed by atoms with Gasteiger partial charge in [0.15, 0.2) is 10.6 Å². The summed E-state index contributed by atoms with van der Waals surface area (Å²) in [6.07, 6.45) is 0.360. The molecule has 6 nitrogen and oxygen atoms in total. The second-order valence-electron chi connectivity index (χ2n) is 7.43. The van der Waals surface area contributed by atoms with E-state index in [1.807, 2.05) is 50.8 Å². The minimum absolute atomic E-state index is 0.0694. The van der Waals surface area contributed by atoms with Gasteiger partial charge in [0.05, 0.1) is 0 Å². The topological polar surface area (TPSA) is 57.2 Å². The Morgan fingerprint density at radius 2 is 1.86 bits per heavy atom. The van der Waals surface area contributed by atoms with Gasteiger partial charge in [-0.2, -0.15) is 5.10 Å². The van der Waals surface area contributed by atoms with E-state index in [1.165, 1.54) is 0 Å². The third kappa shape index (κ3) is 5.12. The van der Waals surface area contributed by atoms with E-state index in [9.17, 15) is 4.79 Å². The zero-order chi connectivity index (χ0) is 21.0. The van der Waals surface area contributed by atoms with Gasteiger partial charge in [-0.15, -0.1) is 0 Å². The molecule has 1 aromatic heterocycles. The van der Waals surface area contributed by atoms with Crippen LogP contribution >= 0.6 is 12.2 Å². The number of anilines is 1. The molecule has 0 spiro atoms. The lowest BCUT2D eigenvalue weighted by molar-refractivity contribution is -0.130. The largest absolute Gasteiger partial charge is 0.378 e. The van der Waals surface area contributed by atoms with E-state index in [0.29, 0.717) is 24.3 Å². The first-order valence-electron chi connectivity index (χ1n) is 9.57. The lowest BCUT2D eigenvalue weighted by Gasteiger charge is -2.19. The molecule has 29 heavy (non-hydrogen) atoms. The molecule has 0 aliphatic carbocycles. The Labute approximate surface area is 176 Å². The summed E-state index contributed by atoms with van der Waals surface area (Å²) in [4.78, 5) is 16.5. The summed E-state index contributed by atoms with van der Waals surface area (Å²) in [5, 5.41) is 7.21. The van der Waals surface area contributed by atoms with Crippen molar-refractivity contribution in [2.24, 2.45) is 0 Å². The quantitative estimate of drug-likeness (QED) is 0.599. The normalized spacial score (nSPS) is 10.8. The van der Waals surface area contributed by atoms with Crippen molar-refractivity contribution in [1.82, 2.24) is 19.7 Å². The molecule has 1 amide bonds. The number of hydrogen-bond donors (Lipinski definition) is 1. The molecule has 0 saturated heterocycles. The number of nitrogens with zero attached hydrogens (tertiary/aromatic N) is 4. The Kier molecular flexibility index (Phi) is 6.49. The summed E-state index contributed by atoms with van der Waals surface area (Å²) < 4.78 is 2.41. The number of carbonyl (C=O) groups is 1. The molecule has 2 aromatic carbocycles. The summed E-state index contributed by atoms with van der Waals surface area (Å²) in [6, 6.07) is 16.3. The Morgan fingerprint density at radius 3 is 2.52 bits per heavy atom. The highest BCUT2D eigenvalue weighted by atomic mass is 32.1. The second-order valence-corrected chi connectivity index (χ2v) is 7.82. The molecular weight excluding hydrogens is 382 g/mol. The van der Waals surface area contributed by atoms with E-state index < -0.39 is 0 Å². The van der Waals surface area contributed by atoms with Crippen molar-refractivity contribution in [3.05, 3.63) is 64.4 Å². The minimum atomic E-state index is 0.0694. The van der Waals surface area contributed by atoms with E-state index in [4.69, 9.17) is 12.2 Å². The highest BCUT2D eigenvalue weighted by Gasteiger charge is 2.13. The third-order valence-corrected chi connectivity index (χ3v) is 5.19. The van der Waals surface area contributed by atoms with Crippen LogP contribution in [0.1, 0.15) is 17.5 Å². The van der Waals surface area contributed by atoms with E-state index in [2.05, 4.69) is 45.4 Å². The highest BCUT2D eigenvalue weighted by Crippen LogP contribution is 2.19. The molecule has 0 radical (unpaired) electrons. The second kappa shape index (κ2) is 9.05. The highest BCUT2D eigenvalue weighted by molar-refractivity contribution is 7.71. The standard InChI is InChI=1S/C22H27N5OS/c1-16-6-5-7-18(14-16)21-23-24-22(29)27(21)13-12-20(28)26(4)15-17-8-10-19(11-9-17)25(2)3/h5-11,14H,12-13,15H2,1-4H3,(H,24,29). The Hall–Kier alpha value is -2.93. The molecule has 0 atom stereocenters. The lowest BCUT2D eigenvalue weighted by atomic mass is 10.1. The molecule has 0 aliphatic heterocycles. The molecule has 0 unspecified atom stereocenters. The maximum Gasteiger partial charge on any atom is 0.224 e. The van der Waals surface area contributed by atoms with Crippen LogP contribution in [0.2, 0.25) is 0 Å². The molecule has 0 fully saturated rings. The van der Waals surface area contributed by atoms with Gasteiger partial charge in [0.1, 0.15) is 0 Å². The van der Waals surface area contributed by atoms with Crippen LogP contribution in [-0.2, 0) is 17.9 Å². The number of hydrogen-bond acceptors (Lipinski definition) is 4. The van der Waals surface area contributed by atoms with Gasteiger partial charge in [0, 0.05) is 51.9 Å². The van der Waals surface area contributed by atoms with Crippen LogP contribution in [0, 0.1) is 11.7 Å². The number of aryl methyl sites for hydroxylation is 1. The van der Waals surface area contributed by atoms with Crippen LogP contribution in [0.4, 0.5) is 5.69 Å². The smallest absolute Gasteiger partial charge is 0.224 e. The van der Waals surface area contributed by atoms with Gasteiger partial charge in [-0.1, -0.05) is 35.9 Å². The predicted molar refractivity (Wildman–Crippen MR) is 119 cm³/mol. The van der Waals surface area contributed by atoms with E-state index in [1.54, 1.807) is 4.90 Å². The molecule has 1 heterocycles. The van der Waals surface area contributed by atoms with Crippen molar-refractivity contribution in [3.63, 3.8) is 0 Å². The fourth-order valence-corrected chi connectivity index (χ4v) is 3.41. The average molecular weight is 410 g/mol. The van der Waals surface area contributed by atoms with Gasteiger partial charge in [0.2, 0.25) is 5.91 Å². The first-order valence-corrected chi connectivity index (χ1v) is 9.98. The number of rotatable bonds is 7. The van der Waals surface area contributed by atoms with Gasteiger partial charge >= 0.3 is 0 Å². The third-order valence-electron chi connectivity index (χ3n) is 4.88. The van der Waals surface area contributed by atoms with Gasteiger partial charge < -0.3 is 9.80 Å². The van der Waals surface area contributed by atoms with Gasteiger partial charge in [-0.05, 0) is 42.9 Å². The molecule has 0 aliphatic rings. The van der Waals surface area contributed by atoms with Crippen LogP contribution in [-0.4, -0.2) is 46.7 Å². The summed E-state index contributed by atoms with van der Waals surface area (Å²) in [6.45, 7) is 3.11.